The maximum absolute atomic E-state index is 12.8. The number of nitro benzene ring substituents is 1. The summed E-state index contributed by atoms with van der Waals surface area (Å²) in [6.07, 6.45) is 1.82. The van der Waals surface area contributed by atoms with Crippen LogP contribution in [-0.2, 0) is 4.74 Å². The highest BCUT2D eigenvalue weighted by atomic mass is 16.6. The first kappa shape index (κ1) is 16.9. The van der Waals surface area contributed by atoms with E-state index in [-0.39, 0.29) is 17.2 Å². The number of carbonyl (C=O) groups excluding carboxylic acids is 1. The van der Waals surface area contributed by atoms with Gasteiger partial charge in [-0.15, -0.1) is 0 Å². The molecule has 1 unspecified atom stereocenters. The maximum Gasteiger partial charge on any atom is 0.273 e. The number of hydrogen-bond acceptors (Lipinski definition) is 5. The lowest BCUT2D eigenvalue weighted by Gasteiger charge is -2.47. The first-order valence-electron chi connectivity index (χ1n) is 8.27. The third kappa shape index (κ3) is 3.27. The average molecular weight is 333 g/mol. The van der Waals surface area contributed by atoms with Gasteiger partial charge in [0.15, 0.2) is 0 Å². The number of nitro groups is 1. The molecule has 2 saturated heterocycles. The largest absolute Gasteiger partial charge is 0.370 e. The van der Waals surface area contributed by atoms with Crippen molar-refractivity contribution in [1.29, 1.82) is 0 Å². The summed E-state index contributed by atoms with van der Waals surface area (Å²) in [4.78, 5) is 27.5. The Balaban J connectivity index is 1.80. The minimum absolute atomic E-state index is 0.0128. The number of morpholine rings is 1. The van der Waals surface area contributed by atoms with Crippen LogP contribution in [-0.4, -0.2) is 66.1 Å². The topological polar surface area (TPSA) is 75.9 Å². The lowest BCUT2D eigenvalue weighted by molar-refractivity contribution is -0.385. The Kier molecular flexibility index (Phi) is 4.56. The predicted octanol–water partition coefficient (Wildman–Crippen LogP) is 1.84. The Bertz CT molecular complexity index is 659. The van der Waals surface area contributed by atoms with Crippen LogP contribution in [0.3, 0.4) is 0 Å². The molecule has 1 spiro atoms. The van der Waals surface area contributed by atoms with Crippen molar-refractivity contribution in [2.24, 2.45) is 0 Å². The van der Waals surface area contributed by atoms with Crippen molar-refractivity contribution in [1.82, 2.24) is 9.80 Å². The van der Waals surface area contributed by atoms with Gasteiger partial charge >= 0.3 is 0 Å². The Morgan fingerprint density at radius 2 is 2.12 bits per heavy atom. The van der Waals surface area contributed by atoms with Crippen molar-refractivity contribution in [2.45, 2.75) is 25.4 Å². The predicted molar refractivity (Wildman–Crippen MR) is 89.2 cm³/mol. The van der Waals surface area contributed by atoms with E-state index in [0.29, 0.717) is 30.8 Å². The third-order valence-corrected chi connectivity index (χ3v) is 4.92. The summed E-state index contributed by atoms with van der Waals surface area (Å²) in [5.74, 6) is -0.158. The van der Waals surface area contributed by atoms with Crippen molar-refractivity contribution in [3.05, 3.63) is 39.4 Å². The van der Waals surface area contributed by atoms with Gasteiger partial charge in [0.25, 0.3) is 11.6 Å². The number of likely N-dealkylation sites (tertiary alicyclic amines) is 1. The number of benzene rings is 1. The number of carbonyl (C=O) groups is 1. The van der Waals surface area contributed by atoms with Gasteiger partial charge in [0.2, 0.25) is 0 Å². The van der Waals surface area contributed by atoms with E-state index < -0.39 is 4.92 Å². The molecule has 2 heterocycles. The van der Waals surface area contributed by atoms with Gasteiger partial charge in [-0.2, -0.15) is 0 Å². The number of hydrogen-bond donors (Lipinski definition) is 0. The van der Waals surface area contributed by atoms with Crippen molar-refractivity contribution < 1.29 is 14.5 Å². The van der Waals surface area contributed by atoms with Crippen LogP contribution >= 0.6 is 0 Å². The number of aryl methyl sites for hydroxylation is 1. The molecule has 2 aliphatic heterocycles. The molecule has 1 atom stereocenters. The lowest BCUT2D eigenvalue weighted by Crippen LogP contribution is -2.59. The smallest absolute Gasteiger partial charge is 0.273 e. The van der Waals surface area contributed by atoms with Crippen LogP contribution in [0.25, 0.3) is 0 Å². The molecule has 0 aliphatic carbocycles. The Labute approximate surface area is 141 Å². The molecule has 0 bridgehead atoms. The molecule has 1 aromatic rings. The summed E-state index contributed by atoms with van der Waals surface area (Å²) < 4.78 is 6.03. The van der Waals surface area contributed by atoms with E-state index in [0.717, 1.165) is 25.9 Å². The van der Waals surface area contributed by atoms with E-state index >= 15 is 0 Å². The molecule has 1 amide bonds. The number of amides is 1. The summed E-state index contributed by atoms with van der Waals surface area (Å²) in [6, 6.07) is 4.68. The van der Waals surface area contributed by atoms with Gasteiger partial charge in [-0.1, -0.05) is 6.07 Å². The fourth-order valence-corrected chi connectivity index (χ4v) is 3.67. The zero-order chi connectivity index (χ0) is 17.3. The van der Waals surface area contributed by atoms with E-state index in [1.807, 2.05) is 0 Å². The molecule has 7 nitrogen and oxygen atoms in total. The Hall–Kier alpha value is -1.99. The molecule has 0 saturated carbocycles. The summed E-state index contributed by atoms with van der Waals surface area (Å²) >= 11 is 0. The van der Waals surface area contributed by atoms with Crippen LogP contribution in [0.5, 0.6) is 0 Å². The SMILES string of the molecule is Cc1ccc(C(=O)N2CCCC3(CN(C)CCO3)C2)cc1[N+](=O)[O-]. The lowest BCUT2D eigenvalue weighted by atomic mass is 9.90. The second-order valence-electron chi connectivity index (χ2n) is 6.86. The average Bonchev–Trinajstić information content (AvgIpc) is 2.54. The van der Waals surface area contributed by atoms with Gasteiger partial charge in [0, 0.05) is 36.8 Å². The normalized spacial score (nSPS) is 25.0. The monoisotopic (exact) mass is 333 g/mol. The van der Waals surface area contributed by atoms with E-state index in [2.05, 4.69) is 11.9 Å². The Morgan fingerprint density at radius 1 is 1.33 bits per heavy atom. The number of likely N-dealkylation sites (N-methyl/N-ethyl adjacent to an activating group) is 1. The van der Waals surface area contributed by atoms with E-state index in [9.17, 15) is 14.9 Å². The minimum Gasteiger partial charge on any atom is -0.370 e. The summed E-state index contributed by atoms with van der Waals surface area (Å²) in [7, 11) is 2.06. The van der Waals surface area contributed by atoms with Crippen molar-refractivity contribution in [3.8, 4) is 0 Å². The van der Waals surface area contributed by atoms with Gasteiger partial charge in [-0.25, -0.2) is 0 Å². The van der Waals surface area contributed by atoms with Crippen LogP contribution in [0.4, 0.5) is 5.69 Å². The molecule has 130 valence electrons. The standard InChI is InChI=1S/C17H23N3O4/c1-13-4-5-14(10-15(13)20(22)23)16(21)19-7-3-6-17(12-19)11-18(2)8-9-24-17/h4-5,10H,3,6-9,11-12H2,1-2H3. The zero-order valence-corrected chi connectivity index (χ0v) is 14.2. The molecule has 2 fully saturated rings. The highest BCUT2D eigenvalue weighted by Crippen LogP contribution is 2.30. The van der Waals surface area contributed by atoms with Crippen LogP contribution in [0.15, 0.2) is 18.2 Å². The van der Waals surface area contributed by atoms with Crippen LogP contribution in [0.2, 0.25) is 0 Å². The highest BCUT2D eigenvalue weighted by molar-refractivity contribution is 5.95. The van der Waals surface area contributed by atoms with Gasteiger partial charge in [-0.05, 0) is 32.9 Å². The fourth-order valence-electron chi connectivity index (χ4n) is 3.67. The number of rotatable bonds is 2. The second kappa shape index (κ2) is 6.49. The molecule has 1 aromatic carbocycles. The molecular weight excluding hydrogens is 310 g/mol. The zero-order valence-electron chi connectivity index (χ0n) is 14.2. The van der Waals surface area contributed by atoms with Gasteiger partial charge in [0.05, 0.1) is 23.7 Å². The van der Waals surface area contributed by atoms with Gasteiger partial charge in [-0.3, -0.25) is 14.9 Å². The van der Waals surface area contributed by atoms with Gasteiger partial charge < -0.3 is 14.5 Å². The molecular formula is C17H23N3O4. The first-order chi connectivity index (χ1) is 11.4. The van der Waals surface area contributed by atoms with E-state index in [1.165, 1.54) is 6.07 Å². The van der Waals surface area contributed by atoms with Crippen LogP contribution in [0.1, 0.15) is 28.8 Å². The van der Waals surface area contributed by atoms with E-state index in [1.54, 1.807) is 24.0 Å². The maximum atomic E-state index is 12.8. The quantitative estimate of drug-likeness (QED) is 0.610. The second-order valence-corrected chi connectivity index (χ2v) is 6.86. The molecule has 7 heteroatoms. The van der Waals surface area contributed by atoms with Crippen molar-refractivity contribution >= 4 is 11.6 Å². The minimum atomic E-state index is -0.441. The number of ether oxygens (including phenoxy) is 1. The summed E-state index contributed by atoms with van der Waals surface area (Å²) in [6.45, 7) is 5.26. The number of piperidine rings is 1. The number of nitrogens with zero attached hydrogens (tertiary/aromatic N) is 3. The van der Waals surface area contributed by atoms with Crippen LogP contribution in [0, 0.1) is 17.0 Å². The fraction of sp³-hybridized carbons (Fsp3) is 0.588. The third-order valence-electron chi connectivity index (χ3n) is 4.92. The Morgan fingerprint density at radius 3 is 2.83 bits per heavy atom. The van der Waals surface area contributed by atoms with Crippen molar-refractivity contribution in [2.75, 3.05) is 39.8 Å². The molecule has 0 radical (unpaired) electrons. The summed E-state index contributed by atoms with van der Waals surface area (Å²) in [5.41, 5.74) is 0.607. The van der Waals surface area contributed by atoms with Crippen LogP contribution < -0.4 is 0 Å². The highest BCUT2D eigenvalue weighted by Gasteiger charge is 2.41. The molecule has 24 heavy (non-hydrogen) atoms. The first-order valence-corrected chi connectivity index (χ1v) is 8.27. The molecule has 0 aromatic heterocycles. The molecule has 2 aliphatic rings. The van der Waals surface area contributed by atoms with E-state index in [4.69, 9.17) is 4.74 Å². The van der Waals surface area contributed by atoms with Crippen molar-refractivity contribution in [3.63, 3.8) is 0 Å². The van der Waals surface area contributed by atoms with Gasteiger partial charge in [0.1, 0.15) is 0 Å². The summed E-state index contributed by atoms with van der Waals surface area (Å²) in [5, 5.41) is 11.1. The molecule has 0 N–H and O–H groups in total. The molecule has 3 rings (SSSR count).